The Morgan fingerprint density at radius 3 is 2.31 bits per heavy atom. The van der Waals surface area contributed by atoms with Gasteiger partial charge in [0.15, 0.2) is 0 Å². The molecule has 0 radical (unpaired) electrons. The molecule has 0 bridgehead atoms. The standard InChI is InChI=1S/C14H23NO/c1-11(15-12(2)13(3)16-4)10-14-8-6-5-7-9-14/h5-9,11-13,15H,10H2,1-4H3. The van der Waals surface area contributed by atoms with Crippen LogP contribution in [0.2, 0.25) is 0 Å². The zero-order valence-corrected chi connectivity index (χ0v) is 10.7. The monoisotopic (exact) mass is 221 g/mol. The maximum absolute atomic E-state index is 5.30. The highest BCUT2D eigenvalue weighted by Gasteiger charge is 2.13. The van der Waals surface area contributed by atoms with Crippen molar-refractivity contribution in [1.29, 1.82) is 0 Å². The van der Waals surface area contributed by atoms with Gasteiger partial charge in [-0.25, -0.2) is 0 Å². The van der Waals surface area contributed by atoms with Crippen LogP contribution >= 0.6 is 0 Å². The molecule has 90 valence electrons. The van der Waals surface area contributed by atoms with Gasteiger partial charge in [0, 0.05) is 19.2 Å². The average Bonchev–Trinajstić information content (AvgIpc) is 2.29. The first-order valence-electron chi connectivity index (χ1n) is 5.96. The third kappa shape index (κ3) is 4.33. The van der Waals surface area contributed by atoms with Crippen molar-refractivity contribution in [3.8, 4) is 0 Å². The Morgan fingerprint density at radius 2 is 1.75 bits per heavy atom. The zero-order valence-electron chi connectivity index (χ0n) is 10.7. The Kier molecular flexibility index (Phi) is 5.50. The Hall–Kier alpha value is -0.860. The molecule has 1 N–H and O–H groups in total. The van der Waals surface area contributed by atoms with Crippen LogP contribution in [0.5, 0.6) is 0 Å². The fourth-order valence-electron chi connectivity index (χ4n) is 1.81. The van der Waals surface area contributed by atoms with Crippen molar-refractivity contribution >= 4 is 0 Å². The van der Waals surface area contributed by atoms with Crippen molar-refractivity contribution in [1.82, 2.24) is 5.32 Å². The van der Waals surface area contributed by atoms with Crippen molar-refractivity contribution < 1.29 is 4.74 Å². The maximum atomic E-state index is 5.30. The highest BCUT2D eigenvalue weighted by atomic mass is 16.5. The van der Waals surface area contributed by atoms with E-state index in [4.69, 9.17) is 4.74 Å². The average molecular weight is 221 g/mol. The molecule has 16 heavy (non-hydrogen) atoms. The molecule has 0 spiro atoms. The van der Waals surface area contributed by atoms with E-state index >= 15 is 0 Å². The Balaban J connectivity index is 2.39. The van der Waals surface area contributed by atoms with Gasteiger partial charge in [0.25, 0.3) is 0 Å². The molecule has 1 aromatic rings. The SMILES string of the molecule is COC(C)C(C)NC(C)Cc1ccccc1. The molecule has 0 saturated carbocycles. The summed E-state index contributed by atoms with van der Waals surface area (Å²) in [5, 5.41) is 3.55. The Morgan fingerprint density at radius 1 is 1.12 bits per heavy atom. The number of methoxy groups -OCH3 is 1. The predicted molar refractivity (Wildman–Crippen MR) is 68.7 cm³/mol. The van der Waals surface area contributed by atoms with Gasteiger partial charge in [-0.3, -0.25) is 0 Å². The van der Waals surface area contributed by atoms with E-state index in [1.807, 2.05) is 0 Å². The summed E-state index contributed by atoms with van der Waals surface area (Å²) in [5.74, 6) is 0. The summed E-state index contributed by atoms with van der Waals surface area (Å²) in [4.78, 5) is 0. The summed E-state index contributed by atoms with van der Waals surface area (Å²) in [7, 11) is 1.75. The smallest absolute Gasteiger partial charge is 0.0693 e. The van der Waals surface area contributed by atoms with Crippen LogP contribution in [0.1, 0.15) is 26.3 Å². The summed E-state index contributed by atoms with van der Waals surface area (Å²) in [6.07, 6.45) is 1.31. The van der Waals surface area contributed by atoms with Gasteiger partial charge in [-0.1, -0.05) is 30.3 Å². The van der Waals surface area contributed by atoms with Gasteiger partial charge in [-0.2, -0.15) is 0 Å². The van der Waals surface area contributed by atoms with Gasteiger partial charge in [0.05, 0.1) is 6.10 Å². The number of hydrogen-bond donors (Lipinski definition) is 1. The third-order valence-electron chi connectivity index (χ3n) is 3.01. The number of nitrogens with one attached hydrogen (secondary N) is 1. The Labute approximate surface area is 99.0 Å². The first-order chi connectivity index (χ1) is 7.63. The summed E-state index contributed by atoms with van der Waals surface area (Å²) < 4.78 is 5.30. The van der Waals surface area contributed by atoms with Gasteiger partial charge < -0.3 is 10.1 Å². The van der Waals surface area contributed by atoms with E-state index < -0.39 is 0 Å². The summed E-state index contributed by atoms with van der Waals surface area (Å²) in [5.41, 5.74) is 1.37. The Bertz CT molecular complexity index is 286. The first kappa shape index (κ1) is 13.2. The largest absolute Gasteiger partial charge is 0.380 e. The molecule has 0 aromatic heterocycles. The van der Waals surface area contributed by atoms with Gasteiger partial charge in [-0.15, -0.1) is 0 Å². The van der Waals surface area contributed by atoms with E-state index in [0.29, 0.717) is 12.1 Å². The highest BCUT2D eigenvalue weighted by Crippen LogP contribution is 2.05. The van der Waals surface area contributed by atoms with Crippen molar-refractivity contribution in [2.24, 2.45) is 0 Å². The van der Waals surface area contributed by atoms with Crippen LogP contribution in [0.3, 0.4) is 0 Å². The van der Waals surface area contributed by atoms with Gasteiger partial charge in [0.1, 0.15) is 0 Å². The zero-order chi connectivity index (χ0) is 12.0. The van der Waals surface area contributed by atoms with Crippen molar-refractivity contribution in [2.75, 3.05) is 7.11 Å². The van der Waals surface area contributed by atoms with Crippen LogP contribution in [-0.4, -0.2) is 25.3 Å². The molecule has 0 aliphatic heterocycles. The molecule has 2 heteroatoms. The molecule has 0 fully saturated rings. The lowest BCUT2D eigenvalue weighted by molar-refractivity contribution is 0.0852. The van der Waals surface area contributed by atoms with Crippen molar-refractivity contribution in [2.45, 2.75) is 45.4 Å². The quantitative estimate of drug-likeness (QED) is 0.797. The number of benzene rings is 1. The molecule has 0 aliphatic rings. The molecular formula is C14H23NO. The number of rotatable bonds is 6. The second kappa shape index (κ2) is 6.66. The fraction of sp³-hybridized carbons (Fsp3) is 0.571. The third-order valence-corrected chi connectivity index (χ3v) is 3.01. The van der Waals surface area contributed by atoms with Crippen LogP contribution in [0.4, 0.5) is 0 Å². The van der Waals surface area contributed by atoms with Crippen LogP contribution in [-0.2, 0) is 11.2 Å². The molecule has 3 unspecified atom stereocenters. The second-order valence-electron chi connectivity index (χ2n) is 4.49. The number of hydrogen-bond acceptors (Lipinski definition) is 2. The second-order valence-corrected chi connectivity index (χ2v) is 4.49. The minimum absolute atomic E-state index is 0.248. The minimum atomic E-state index is 0.248. The molecule has 1 rings (SSSR count). The fourth-order valence-corrected chi connectivity index (χ4v) is 1.81. The molecule has 1 aromatic carbocycles. The lowest BCUT2D eigenvalue weighted by atomic mass is 10.1. The van der Waals surface area contributed by atoms with E-state index in [2.05, 4.69) is 56.4 Å². The van der Waals surface area contributed by atoms with Crippen molar-refractivity contribution in [3.05, 3.63) is 35.9 Å². The summed E-state index contributed by atoms with van der Waals surface area (Å²) in [6, 6.07) is 11.4. The van der Waals surface area contributed by atoms with E-state index in [0.717, 1.165) is 6.42 Å². The van der Waals surface area contributed by atoms with Crippen LogP contribution < -0.4 is 5.32 Å². The summed E-state index contributed by atoms with van der Waals surface area (Å²) in [6.45, 7) is 6.47. The topological polar surface area (TPSA) is 21.3 Å². The van der Waals surface area contributed by atoms with Crippen LogP contribution in [0.25, 0.3) is 0 Å². The molecule has 3 atom stereocenters. The van der Waals surface area contributed by atoms with E-state index in [1.54, 1.807) is 7.11 Å². The van der Waals surface area contributed by atoms with Crippen molar-refractivity contribution in [3.63, 3.8) is 0 Å². The van der Waals surface area contributed by atoms with Crippen LogP contribution in [0.15, 0.2) is 30.3 Å². The maximum Gasteiger partial charge on any atom is 0.0693 e. The van der Waals surface area contributed by atoms with Crippen LogP contribution in [0, 0.1) is 0 Å². The molecule has 0 saturated heterocycles. The molecule has 0 aliphatic carbocycles. The van der Waals surface area contributed by atoms with Gasteiger partial charge >= 0.3 is 0 Å². The van der Waals surface area contributed by atoms with Gasteiger partial charge in [0.2, 0.25) is 0 Å². The molecule has 0 amide bonds. The highest BCUT2D eigenvalue weighted by molar-refractivity contribution is 5.15. The molecular weight excluding hydrogens is 198 g/mol. The lowest BCUT2D eigenvalue weighted by Gasteiger charge is -2.24. The molecule has 2 nitrogen and oxygen atoms in total. The van der Waals surface area contributed by atoms with Gasteiger partial charge in [-0.05, 0) is 32.8 Å². The summed E-state index contributed by atoms with van der Waals surface area (Å²) >= 11 is 0. The van der Waals surface area contributed by atoms with E-state index in [9.17, 15) is 0 Å². The normalized spacial score (nSPS) is 16.8. The van der Waals surface area contributed by atoms with E-state index in [-0.39, 0.29) is 6.10 Å². The predicted octanol–water partition coefficient (Wildman–Crippen LogP) is 2.63. The number of ether oxygens (including phenoxy) is 1. The lowest BCUT2D eigenvalue weighted by Crippen LogP contribution is -2.42. The molecule has 0 heterocycles. The van der Waals surface area contributed by atoms with E-state index in [1.165, 1.54) is 5.56 Å². The minimum Gasteiger partial charge on any atom is -0.380 e. The first-order valence-corrected chi connectivity index (χ1v) is 5.96.